The molecule has 0 saturated carbocycles. The molecule has 2 aromatic rings. The lowest BCUT2D eigenvalue weighted by atomic mass is 10.1. The highest BCUT2D eigenvalue weighted by atomic mass is 32.1. The zero-order valence-corrected chi connectivity index (χ0v) is 18.1. The van der Waals surface area contributed by atoms with Crippen LogP contribution >= 0.6 is 11.3 Å². The number of carbonyl (C=O) groups excluding carboxylic acids is 2. The first kappa shape index (κ1) is 21.7. The maximum Gasteiger partial charge on any atom is 0.325 e. The fraction of sp³-hybridized carbons (Fsp3) is 0.526. The third kappa shape index (κ3) is 4.30. The Morgan fingerprint density at radius 3 is 2.43 bits per heavy atom. The fourth-order valence-corrected chi connectivity index (χ4v) is 3.88. The van der Waals surface area contributed by atoms with E-state index in [0.717, 1.165) is 22.6 Å². The van der Waals surface area contributed by atoms with Crippen LogP contribution in [0.2, 0.25) is 0 Å². The second-order valence-electron chi connectivity index (χ2n) is 6.78. The van der Waals surface area contributed by atoms with E-state index >= 15 is 0 Å². The third-order valence-corrected chi connectivity index (χ3v) is 5.58. The molecule has 0 aliphatic carbocycles. The van der Waals surface area contributed by atoms with Crippen molar-refractivity contribution in [3.63, 3.8) is 0 Å². The molecule has 0 aromatic carbocycles. The molecule has 0 aliphatic rings. The Balaban J connectivity index is 2.48. The topological polar surface area (TPSA) is 94.4 Å². The van der Waals surface area contributed by atoms with Gasteiger partial charge in [-0.1, -0.05) is 0 Å². The molecular formula is C19H26N4O4S. The highest BCUT2D eigenvalue weighted by molar-refractivity contribution is 7.17. The summed E-state index contributed by atoms with van der Waals surface area (Å²) >= 11 is 1.16. The Kier molecular flexibility index (Phi) is 6.71. The summed E-state index contributed by atoms with van der Waals surface area (Å²) in [7, 11) is 1.59. The Hall–Kier alpha value is -2.55. The van der Waals surface area contributed by atoms with E-state index in [2.05, 4.69) is 10.1 Å². The number of hydrogen-bond donors (Lipinski definition) is 0. The van der Waals surface area contributed by atoms with Crippen molar-refractivity contribution in [2.45, 2.75) is 47.6 Å². The number of carbonyl (C=O) groups is 2. The summed E-state index contributed by atoms with van der Waals surface area (Å²) in [6.45, 7) is 10.9. The Morgan fingerprint density at radius 2 is 1.86 bits per heavy atom. The standard InChI is InChI=1S/C19H26N4O4S/c1-8-27-14(24)9-23(10(2)3)19(26)16-13(6)20-17(28-16)15-11(4)12(5)21-22(7)18(15)25/h10H,8-9H2,1-7H3. The maximum absolute atomic E-state index is 13.1. The van der Waals surface area contributed by atoms with Crippen molar-refractivity contribution in [3.8, 4) is 10.6 Å². The van der Waals surface area contributed by atoms with Crippen LogP contribution in [0.1, 0.15) is 47.4 Å². The normalized spacial score (nSPS) is 11.0. The van der Waals surface area contributed by atoms with Gasteiger partial charge in [0.25, 0.3) is 11.5 Å². The van der Waals surface area contributed by atoms with Crippen molar-refractivity contribution in [1.29, 1.82) is 0 Å². The third-order valence-electron chi connectivity index (χ3n) is 4.42. The van der Waals surface area contributed by atoms with E-state index in [4.69, 9.17) is 4.74 Å². The van der Waals surface area contributed by atoms with Crippen LogP contribution in [-0.4, -0.2) is 50.7 Å². The number of hydrogen-bond acceptors (Lipinski definition) is 7. The molecular weight excluding hydrogens is 380 g/mol. The van der Waals surface area contributed by atoms with Crippen LogP contribution in [-0.2, 0) is 16.6 Å². The molecule has 2 aromatic heterocycles. The number of amides is 1. The van der Waals surface area contributed by atoms with Gasteiger partial charge in [0.15, 0.2) is 0 Å². The Bertz CT molecular complexity index is 962. The largest absolute Gasteiger partial charge is 0.465 e. The van der Waals surface area contributed by atoms with Crippen LogP contribution in [0.25, 0.3) is 10.6 Å². The quantitative estimate of drug-likeness (QED) is 0.683. The average Bonchev–Trinajstić information content (AvgIpc) is 2.99. The lowest BCUT2D eigenvalue weighted by molar-refractivity contribution is -0.144. The van der Waals surface area contributed by atoms with E-state index < -0.39 is 5.97 Å². The summed E-state index contributed by atoms with van der Waals surface area (Å²) in [5.41, 5.74) is 2.18. The molecule has 0 unspecified atom stereocenters. The predicted octanol–water partition coefficient (Wildman–Crippen LogP) is 2.24. The molecule has 0 N–H and O–H groups in total. The molecule has 0 aliphatic heterocycles. The molecule has 8 nitrogen and oxygen atoms in total. The van der Waals surface area contributed by atoms with Gasteiger partial charge in [0.05, 0.1) is 23.6 Å². The maximum atomic E-state index is 13.1. The lowest BCUT2D eigenvalue weighted by Crippen LogP contribution is -2.41. The highest BCUT2D eigenvalue weighted by Gasteiger charge is 2.27. The number of aryl methyl sites for hydroxylation is 3. The molecule has 9 heteroatoms. The first-order chi connectivity index (χ1) is 13.1. The van der Waals surface area contributed by atoms with E-state index in [9.17, 15) is 14.4 Å². The van der Waals surface area contributed by atoms with Gasteiger partial charge in [0.1, 0.15) is 16.4 Å². The van der Waals surface area contributed by atoms with Crippen molar-refractivity contribution in [2.75, 3.05) is 13.2 Å². The molecule has 0 fully saturated rings. The van der Waals surface area contributed by atoms with Crippen molar-refractivity contribution < 1.29 is 14.3 Å². The lowest BCUT2D eigenvalue weighted by Gasteiger charge is -2.25. The van der Waals surface area contributed by atoms with E-state index in [0.29, 0.717) is 21.1 Å². The Morgan fingerprint density at radius 1 is 1.21 bits per heavy atom. The van der Waals surface area contributed by atoms with Crippen molar-refractivity contribution in [2.24, 2.45) is 7.05 Å². The van der Waals surface area contributed by atoms with E-state index in [-0.39, 0.29) is 30.7 Å². The molecule has 0 bridgehead atoms. The van der Waals surface area contributed by atoms with Crippen LogP contribution in [0.3, 0.4) is 0 Å². The number of thiazole rings is 1. The number of esters is 1. The van der Waals surface area contributed by atoms with Gasteiger partial charge in [-0.2, -0.15) is 5.10 Å². The summed E-state index contributed by atoms with van der Waals surface area (Å²) in [6.07, 6.45) is 0. The Labute approximate surface area is 168 Å². The molecule has 28 heavy (non-hydrogen) atoms. The monoisotopic (exact) mass is 406 g/mol. The number of rotatable bonds is 6. The van der Waals surface area contributed by atoms with Crippen molar-refractivity contribution in [3.05, 3.63) is 32.2 Å². The first-order valence-electron chi connectivity index (χ1n) is 9.07. The van der Waals surface area contributed by atoms with Crippen LogP contribution in [0.15, 0.2) is 4.79 Å². The van der Waals surface area contributed by atoms with Gasteiger partial charge in [-0.05, 0) is 47.1 Å². The van der Waals surface area contributed by atoms with Crippen LogP contribution in [0, 0.1) is 20.8 Å². The second kappa shape index (κ2) is 8.64. The van der Waals surface area contributed by atoms with Crippen LogP contribution < -0.4 is 5.56 Å². The number of nitrogens with zero attached hydrogens (tertiary/aromatic N) is 4. The highest BCUT2D eigenvalue weighted by Crippen LogP contribution is 2.29. The van der Waals surface area contributed by atoms with E-state index in [1.807, 2.05) is 27.7 Å². The van der Waals surface area contributed by atoms with E-state index in [1.165, 1.54) is 9.58 Å². The molecule has 0 saturated heterocycles. The van der Waals surface area contributed by atoms with Gasteiger partial charge < -0.3 is 9.64 Å². The van der Waals surface area contributed by atoms with Gasteiger partial charge in [-0.15, -0.1) is 11.3 Å². The zero-order valence-electron chi connectivity index (χ0n) is 17.3. The SMILES string of the molecule is CCOC(=O)CN(C(=O)c1sc(-c2c(C)c(C)nn(C)c2=O)nc1C)C(C)C. The van der Waals surface area contributed by atoms with Crippen LogP contribution in [0.4, 0.5) is 0 Å². The molecule has 0 radical (unpaired) electrons. The molecule has 1 amide bonds. The van der Waals surface area contributed by atoms with Gasteiger partial charge in [0.2, 0.25) is 0 Å². The summed E-state index contributed by atoms with van der Waals surface area (Å²) < 4.78 is 6.25. The summed E-state index contributed by atoms with van der Waals surface area (Å²) in [4.78, 5) is 43.9. The molecule has 152 valence electrons. The van der Waals surface area contributed by atoms with Gasteiger partial charge >= 0.3 is 5.97 Å². The van der Waals surface area contributed by atoms with Crippen LogP contribution in [0.5, 0.6) is 0 Å². The minimum absolute atomic E-state index is 0.133. The van der Waals surface area contributed by atoms with Gasteiger partial charge in [0, 0.05) is 13.1 Å². The molecule has 2 heterocycles. The smallest absolute Gasteiger partial charge is 0.325 e. The van der Waals surface area contributed by atoms with Gasteiger partial charge in [-0.3, -0.25) is 14.4 Å². The predicted molar refractivity (Wildman–Crippen MR) is 108 cm³/mol. The minimum Gasteiger partial charge on any atom is -0.465 e. The average molecular weight is 407 g/mol. The van der Waals surface area contributed by atoms with E-state index in [1.54, 1.807) is 20.9 Å². The first-order valence-corrected chi connectivity index (χ1v) is 9.88. The number of ether oxygens (including phenoxy) is 1. The number of aromatic nitrogens is 3. The minimum atomic E-state index is -0.457. The molecule has 2 rings (SSSR count). The fourth-order valence-electron chi connectivity index (χ4n) is 2.77. The second-order valence-corrected chi connectivity index (χ2v) is 7.78. The molecule has 0 spiro atoms. The summed E-state index contributed by atoms with van der Waals surface area (Å²) in [5, 5.41) is 4.66. The van der Waals surface area contributed by atoms with Crippen molar-refractivity contribution in [1.82, 2.24) is 19.7 Å². The molecule has 0 atom stereocenters. The van der Waals surface area contributed by atoms with Crippen molar-refractivity contribution >= 4 is 23.2 Å². The summed E-state index contributed by atoms with van der Waals surface area (Å²) in [6, 6.07) is -0.195. The summed E-state index contributed by atoms with van der Waals surface area (Å²) in [5.74, 6) is -0.758. The van der Waals surface area contributed by atoms with Gasteiger partial charge in [-0.25, -0.2) is 9.67 Å². The zero-order chi connectivity index (χ0) is 21.2.